The normalized spacial score (nSPS) is 11.5. The Bertz CT molecular complexity index is 702. The molecule has 2 aromatic rings. The lowest BCUT2D eigenvalue weighted by Crippen LogP contribution is -2.13. The third kappa shape index (κ3) is 2.82. The van der Waals surface area contributed by atoms with Crippen LogP contribution in [0.25, 0.3) is 0 Å². The SMILES string of the molecule is Cc1cc(NS(=O)(=O)c2cc(C)c(Cl)c(N)c2)no1. The number of aryl methyl sites for hydroxylation is 2. The predicted octanol–water partition coefficient (Wildman–Crippen LogP) is 2.33. The van der Waals surface area contributed by atoms with Gasteiger partial charge in [0.25, 0.3) is 10.0 Å². The second kappa shape index (κ2) is 4.75. The van der Waals surface area contributed by atoms with Crippen LogP contribution in [0.3, 0.4) is 0 Å². The summed E-state index contributed by atoms with van der Waals surface area (Å²) in [6, 6.07) is 4.21. The first-order valence-corrected chi connectivity index (χ1v) is 7.17. The standard InChI is InChI=1S/C11H12ClN3O3S/c1-6-3-8(5-9(13)11(6)12)19(16,17)15-10-4-7(2)18-14-10/h3-5H,13H2,1-2H3,(H,14,15). The van der Waals surface area contributed by atoms with Gasteiger partial charge in [0.1, 0.15) is 5.76 Å². The Morgan fingerprint density at radius 1 is 1.32 bits per heavy atom. The predicted molar refractivity (Wildman–Crippen MR) is 72.6 cm³/mol. The average Bonchev–Trinajstić information content (AvgIpc) is 2.70. The molecule has 0 aliphatic rings. The Kier molecular flexibility index (Phi) is 3.42. The first kappa shape index (κ1) is 13.7. The molecule has 0 saturated heterocycles. The van der Waals surface area contributed by atoms with Gasteiger partial charge in [-0.1, -0.05) is 16.8 Å². The van der Waals surface area contributed by atoms with Crippen LogP contribution in [-0.2, 0) is 10.0 Å². The maximum atomic E-state index is 12.1. The van der Waals surface area contributed by atoms with Crippen molar-refractivity contribution in [2.75, 3.05) is 10.5 Å². The lowest BCUT2D eigenvalue weighted by Gasteiger charge is -2.08. The molecular formula is C11H12ClN3O3S. The van der Waals surface area contributed by atoms with Crippen molar-refractivity contribution in [3.8, 4) is 0 Å². The second-order valence-electron chi connectivity index (χ2n) is 4.07. The van der Waals surface area contributed by atoms with Gasteiger partial charge in [0.05, 0.1) is 15.6 Å². The van der Waals surface area contributed by atoms with Gasteiger partial charge in [-0.15, -0.1) is 0 Å². The molecule has 102 valence electrons. The number of nitrogens with two attached hydrogens (primary N) is 1. The smallest absolute Gasteiger partial charge is 0.263 e. The van der Waals surface area contributed by atoms with Gasteiger partial charge in [0.2, 0.25) is 0 Å². The van der Waals surface area contributed by atoms with Gasteiger partial charge < -0.3 is 10.3 Å². The lowest BCUT2D eigenvalue weighted by molar-refractivity contribution is 0.400. The minimum atomic E-state index is -3.77. The highest BCUT2D eigenvalue weighted by Crippen LogP contribution is 2.27. The van der Waals surface area contributed by atoms with Crippen molar-refractivity contribution in [2.24, 2.45) is 0 Å². The topological polar surface area (TPSA) is 98.2 Å². The van der Waals surface area contributed by atoms with E-state index >= 15 is 0 Å². The molecule has 0 bridgehead atoms. The van der Waals surface area contributed by atoms with Gasteiger partial charge >= 0.3 is 0 Å². The molecule has 3 N–H and O–H groups in total. The largest absolute Gasteiger partial charge is 0.397 e. The molecule has 1 aromatic heterocycles. The number of halogens is 1. The van der Waals surface area contributed by atoms with Crippen LogP contribution in [0.15, 0.2) is 27.6 Å². The zero-order valence-corrected chi connectivity index (χ0v) is 11.8. The Labute approximate surface area is 115 Å². The molecule has 19 heavy (non-hydrogen) atoms. The molecule has 0 radical (unpaired) electrons. The summed E-state index contributed by atoms with van der Waals surface area (Å²) >= 11 is 5.90. The van der Waals surface area contributed by atoms with Crippen molar-refractivity contribution >= 4 is 33.1 Å². The molecule has 0 aliphatic carbocycles. The number of benzene rings is 1. The molecule has 6 nitrogen and oxygen atoms in total. The quantitative estimate of drug-likeness (QED) is 0.848. The maximum Gasteiger partial charge on any atom is 0.263 e. The van der Waals surface area contributed by atoms with E-state index in [1.165, 1.54) is 18.2 Å². The summed E-state index contributed by atoms with van der Waals surface area (Å²) in [6.45, 7) is 3.34. The molecule has 1 heterocycles. The molecule has 8 heteroatoms. The number of hydrogen-bond acceptors (Lipinski definition) is 5. The summed E-state index contributed by atoms with van der Waals surface area (Å²) < 4.78 is 31.4. The molecule has 1 aromatic carbocycles. The lowest BCUT2D eigenvalue weighted by atomic mass is 10.2. The summed E-state index contributed by atoms with van der Waals surface area (Å²) in [5, 5.41) is 3.91. The van der Waals surface area contributed by atoms with E-state index in [1.54, 1.807) is 13.8 Å². The molecule has 0 atom stereocenters. The van der Waals surface area contributed by atoms with E-state index in [9.17, 15) is 8.42 Å². The highest BCUT2D eigenvalue weighted by atomic mass is 35.5. The highest BCUT2D eigenvalue weighted by molar-refractivity contribution is 7.92. The van der Waals surface area contributed by atoms with Gasteiger partial charge in [-0.3, -0.25) is 4.72 Å². The number of nitrogen functional groups attached to an aromatic ring is 1. The van der Waals surface area contributed by atoms with Crippen molar-refractivity contribution in [1.29, 1.82) is 0 Å². The van der Waals surface area contributed by atoms with Crippen molar-refractivity contribution in [2.45, 2.75) is 18.7 Å². The summed E-state index contributed by atoms with van der Waals surface area (Å²) in [5.74, 6) is 0.619. The average molecular weight is 302 g/mol. The molecule has 0 aliphatic heterocycles. The summed E-state index contributed by atoms with van der Waals surface area (Å²) in [6.07, 6.45) is 0. The van der Waals surface area contributed by atoms with Gasteiger partial charge in [-0.25, -0.2) is 8.42 Å². The fraction of sp³-hybridized carbons (Fsp3) is 0.182. The molecule has 0 unspecified atom stereocenters. The summed E-state index contributed by atoms with van der Waals surface area (Å²) in [4.78, 5) is 0.0209. The minimum absolute atomic E-state index is 0.0209. The van der Waals surface area contributed by atoms with E-state index in [-0.39, 0.29) is 16.4 Å². The number of aromatic nitrogens is 1. The number of rotatable bonds is 3. The van der Waals surface area contributed by atoms with Crippen LogP contribution in [-0.4, -0.2) is 13.6 Å². The number of nitrogens with zero attached hydrogens (tertiary/aromatic N) is 1. The van der Waals surface area contributed by atoms with E-state index in [2.05, 4.69) is 9.88 Å². The Morgan fingerprint density at radius 3 is 2.53 bits per heavy atom. The highest BCUT2D eigenvalue weighted by Gasteiger charge is 2.18. The Morgan fingerprint density at radius 2 is 2.00 bits per heavy atom. The van der Waals surface area contributed by atoms with E-state index < -0.39 is 10.0 Å². The van der Waals surface area contributed by atoms with Crippen LogP contribution in [0.5, 0.6) is 0 Å². The number of anilines is 2. The van der Waals surface area contributed by atoms with Crippen molar-refractivity contribution in [1.82, 2.24) is 5.16 Å². The van der Waals surface area contributed by atoms with Gasteiger partial charge in [0.15, 0.2) is 5.82 Å². The van der Waals surface area contributed by atoms with Gasteiger partial charge in [-0.05, 0) is 31.5 Å². The van der Waals surface area contributed by atoms with Crippen LogP contribution in [0.2, 0.25) is 5.02 Å². The van der Waals surface area contributed by atoms with E-state index in [0.717, 1.165) is 0 Å². The number of hydrogen-bond donors (Lipinski definition) is 2. The third-order valence-electron chi connectivity index (χ3n) is 2.43. The molecular weight excluding hydrogens is 290 g/mol. The first-order valence-electron chi connectivity index (χ1n) is 5.31. The maximum absolute atomic E-state index is 12.1. The van der Waals surface area contributed by atoms with E-state index in [4.69, 9.17) is 21.9 Å². The number of nitrogens with one attached hydrogen (secondary N) is 1. The van der Waals surface area contributed by atoms with E-state index in [0.29, 0.717) is 16.3 Å². The first-order chi connectivity index (χ1) is 8.79. The fourth-order valence-electron chi connectivity index (χ4n) is 1.53. The van der Waals surface area contributed by atoms with E-state index in [1.807, 2.05) is 0 Å². The van der Waals surface area contributed by atoms with Gasteiger partial charge in [0, 0.05) is 6.07 Å². The van der Waals surface area contributed by atoms with Crippen molar-refractivity contribution < 1.29 is 12.9 Å². The molecule has 0 saturated carbocycles. The Balaban J connectivity index is 2.40. The third-order valence-corrected chi connectivity index (χ3v) is 4.28. The van der Waals surface area contributed by atoms with Crippen LogP contribution < -0.4 is 10.5 Å². The minimum Gasteiger partial charge on any atom is -0.397 e. The number of sulfonamides is 1. The molecule has 0 spiro atoms. The monoisotopic (exact) mass is 301 g/mol. The van der Waals surface area contributed by atoms with Crippen molar-refractivity contribution in [3.63, 3.8) is 0 Å². The van der Waals surface area contributed by atoms with Crippen LogP contribution in [0, 0.1) is 13.8 Å². The summed E-state index contributed by atoms with van der Waals surface area (Å²) in [5.41, 5.74) is 6.45. The van der Waals surface area contributed by atoms with Crippen LogP contribution in [0.4, 0.5) is 11.5 Å². The van der Waals surface area contributed by atoms with Crippen LogP contribution >= 0.6 is 11.6 Å². The summed E-state index contributed by atoms with van der Waals surface area (Å²) in [7, 11) is -3.77. The fourth-order valence-corrected chi connectivity index (χ4v) is 2.74. The second-order valence-corrected chi connectivity index (χ2v) is 6.13. The molecule has 2 rings (SSSR count). The van der Waals surface area contributed by atoms with Crippen LogP contribution in [0.1, 0.15) is 11.3 Å². The van der Waals surface area contributed by atoms with Crippen molar-refractivity contribution in [3.05, 3.63) is 34.5 Å². The zero-order chi connectivity index (χ0) is 14.2. The zero-order valence-electron chi connectivity index (χ0n) is 10.3. The molecule has 0 amide bonds. The Hall–Kier alpha value is -1.73. The van der Waals surface area contributed by atoms with Gasteiger partial charge in [-0.2, -0.15) is 0 Å². The molecule has 0 fully saturated rings.